The Kier molecular flexibility index (Phi) is 7.21. The fourth-order valence-electron chi connectivity index (χ4n) is 2.94. The van der Waals surface area contributed by atoms with Crippen molar-refractivity contribution < 1.29 is 9.59 Å². The van der Waals surface area contributed by atoms with E-state index < -0.39 is 0 Å². The molecular weight excluding hydrogens is 413 g/mol. The van der Waals surface area contributed by atoms with Crippen molar-refractivity contribution in [2.45, 2.75) is 39.5 Å². The molecule has 1 aliphatic rings. The minimum absolute atomic E-state index is 0.0930. The van der Waals surface area contributed by atoms with Crippen molar-refractivity contribution in [3.05, 3.63) is 56.7 Å². The predicted molar refractivity (Wildman–Crippen MR) is 106 cm³/mol. The van der Waals surface area contributed by atoms with Gasteiger partial charge in [0, 0.05) is 16.5 Å². The van der Waals surface area contributed by atoms with Gasteiger partial charge in [0.1, 0.15) is 0 Å². The Morgan fingerprint density at radius 2 is 1.92 bits per heavy atom. The minimum Gasteiger partial charge on any atom is -0.352 e. The monoisotopic (exact) mass is 437 g/mol. The molecule has 0 saturated heterocycles. The van der Waals surface area contributed by atoms with Gasteiger partial charge in [0.2, 0.25) is 5.91 Å². The third-order valence-corrected chi connectivity index (χ3v) is 5.02. The number of Topliss-reactive ketones (excluding diaryl/α,β-unsaturated/α-hetero) is 1. The van der Waals surface area contributed by atoms with Crippen molar-refractivity contribution >= 4 is 34.3 Å². The van der Waals surface area contributed by atoms with Gasteiger partial charge in [-0.15, -0.1) is 0 Å². The van der Waals surface area contributed by atoms with Gasteiger partial charge >= 0.3 is 0 Å². The van der Waals surface area contributed by atoms with Gasteiger partial charge < -0.3 is 5.32 Å². The van der Waals surface area contributed by atoms with Crippen molar-refractivity contribution in [3.63, 3.8) is 0 Å². The van der Waals surface area contributed by atoms with Crippen LogP contribution in [0.1, 0.15) is 38.7 Å². The molecule has 1 aromatic carbocycles. The van der Waals surface area contributed by atoms with Crippen LogP contribution < -0.4 is 5.32 Å². The first-order chi connectivity index (χ1) is 11.5. The van der Waals surface area contributed by atoms with E-state index in [-0.39, 0.29) is 17.6 Å². The van der Waals surface area contributed by atoms with E-state index in [1.807, 2.05) is 12.2 Å². The second kappa shape index (κ2) is 9.16. The molecule has 128 valence electrons. The highest BCUT2D eigenvalue weighted by Gasteiger charge is 2.18. The number of hydrogen-bond acceptors (Lipinski definition) is 2. The van der Waals surface area contributed by atoms with E-state index in [9.17, 15) is 9.59 Å². The molecule has 0 bridgehead atoms. The Bertz CT molecular complexity index is 659. The third-order valence-electron chi connectivity index (χ3n) is 4.30. The fraction of sp³-hybridized carbons (Fsp3) is 0.400. The van der Waals surface area contributed by atoms with E-state index >= 15 is 0 Å². The number of hydrogen-bond donors (Lipinski definition) is 1. The van der Waals surface area contributed by atoms with E-state index in [0.717, 1.165) is 24.8 Å². The second-order valence-corrected chi connectivity index (χ2v) is 7.61. The molecule has 0 radical (unpaired) electrons. The molecule has 0 spiro atoms. The van der Waals surface area contributed by atoms with Crippen LogP contribution in [0.25, 0.3) is 0 Å². The molecule has 0 saturated carbocycles. The quantitative estimate of drug-likeness (QED) is 0.650. The zero-order valence-corrected chi connectivity index (χ0v) is 16.4. The van der Waals surface area contributed by atoms with Crippen molar-refractivity contribution in [3.8, 4) is 0 Å². The smallest absolute Gasteiger partial charge is 0.220 e. The average Bonchev–Trinajstić information content (AvgIpc) is 2.54. The van der Waals surface area contributed by atoms with Gasteiger partial charge in [-0.05, 0) is 78.0 Å². The van der Waals surface area contributed by atoms with Gasteiger partial charge in [0.15, 0.2) is 5.78 Å². The van der Waals surface area contributed by atoms with Crippen molar-refractivity contribution in [1.29, 1.82) is 0 Å². The van der Waals surface area contributed by atoms with Crippen LogP contribution in [-0.4, -0.2) is 18.2 Å². The summed E-state index contributed by atoms with van der Waals surface area (Å²) in [5, 5.41) is 2.99. The summed E-state index contributed by atoms with van der Waals surface area (Å²) in [5.41, 5.74) is 3.33. The van der Waals surface area contributed by atoms with Crippen molar-refractivity contribution in [1.82, 2.24) is 5.32 Å². The second-order valence-electron chi connectivity index (χ2n) is 6.37. The summed E-state index contributed by atoms with van der Waals surface area (Å²) in [4.78, 5) is 23.4. The zero-order chi connectivity index (χ0) is 17.5. The van der Waals surface area contributed by atoms with Gasteiger partial charge in [0.25, 0.3) is 0 Å². The van der Waals surface area contributed by atoms with Gasteiger partial charge in [0.05, 0.1) is 0 Å². The third kappa shape index (κ3) is 5.89. The van der Waals surface area contributed by atoms with E-state index in [4.69, 9.17) is 0 Å². The molecule has 1 N–H and O–H groups in total. The molecule has 1 aromatic rings. The number of ketones is 1. The van der Waals surface area contributed by atoms with E-state index in [2.05, 4.69) is 59.1 Å². The Labute approximate surface area is 157 Å². The first kappa shape index (κ1) is 18.9. The van der Waals surface area contributed by atoms with Crippen LogP contribution in [0.4, 0.5) is 0 Å². The lowest BCUT2D eigenvalue weighted by atomic mass is 9.86. The molecule has 0 aromatic heterocycles. The fourth-order valence-corrected chi connectivity index (χ4v) is 3.30. The van der Waals surface area contributed by atoms with Crippen LogP contribution in [-0.2, 0) is 16.0 Å². The van der Waals surface area contributed by atoms with Gasteiger partial charge in [-0.1, -0.05) is 36.8 Å². The summed E-state index contributed by atoms with van der Waals surface area (Å²) >= 11 is 2.29. The normalized spacial score (nSPS) is 17.0. The molecule has 1 amide bonds. The zero-order valence-electron chi connectivity index (χ0n) is 14.3. The Balaban J connectivity index is 1.72. The van der Waals surface area contributed by atoms with Gasteiger partial charge in [-0.3, -0.25) is 9.59 Å². The van der Waals surface area contributed by atoms with Crippen LogP contribution in [0.15, 0.2) is 47.6 Å². The molecule has 24 heavy (non-hydrogen) atoms. The number of amides is 1. The maximum Gasteiger partial charge on any atom is 0.220 e. The Hall–Kier alpha value is -1.43. The maximum atomic E-state index is 12.0. The highest BCUT2D eigenvalue weighted by Crippen LogP contribution is 2.25. The Morgan fingerprint density at radius 3 is 2.54 bits per heavy atom. The largest absolute Gasteiger partial charge is 0.352 e. The number of carbonyl (C=O) groups excluding carboxylic acids is 2. The summed E-state index contributed by atoms with van der Waals surface area (Å²) in [5.74, 6) is 0.466. The van der Waals surface area contributed by atoms with Crippen LogP contribution in [0.5, 0.6) is 0 Å². The maximum absolute atomic E-state index is 12.0. The molecular formula is C20H24INO2. The summed E-state index contributed by atoms with van der Waals surface area (Å²) < 4.78 is 1.23. The highest BCUT2D eigenvalue weighted by atomic mass is 127. The molecule has 0 fully saturated rings. The molecule has 0 aliphatic heterocycles. The predicted octanol–water partition coefficient (Wildman–Crippen LogP) is 4.21. The summed E-state index contributed by atoms with van der Waals surface area (Å²) in [6, 6.07) is 8.42. The number of allylic oxidation sites excluding steroid dienone is 3. The van der Waals surface area contributed by atoms with Crippen LogP contribution in [0.2, 0.25) is 0 Å². The first-order valence-electron chi connectivity index (χ1n) is 8.37. The lowest BCUT2D eigenvalue weighted by Gasteiger charge is -2.20. The minimum atomic E-state index is 0.0930. The van der Waals surface area contributed by atoms with Gasteiger partial charge in [-0.2, -0.15) is 0 Å². The topological polar surface area (TPSA) is 46.2 Å². The SMILES string of the molecule is CC(=O)C1=CC=C(CNC(=O)CCCc2ccc(I)cc2)CC1C. The van der Waals surface area contributed by atoms with Crippen LogP contribution in [0, 0.1) is 9.49 Å². The van der Waals surface area contributed by atoms with Crippen LogP contribution >= 0.6 is 22.6 Å². The van der Waals surface area contributed by atoms with E-state index in [0.29, 0.717) is 13.0 Å². The summed E-state index contributed by atoms with van der Waals surface area (Å²) in [6.45, 7) is 4.24. The number of halogens is 1. The van der Waals surface area contributed by atoms with Crippen molar-refractivity contribution in [2.75, 3.05) is 6.54 Å². The van der Waals surface area contributed by atoms with Gasteiger partial charge in [-0.25, -0.2) is 0 Å². The summed E-state index contributed by atoms with van der Waals surface area (Å²) in [6.07, 6.45) is 7.04. The number of aryl methyl sites for hydroxylation is 1. The van der Waals surface area contributed by atoms with E-state index in [1.54, 1.807) is 6.92 Å². The summed E-state index contributed by atoms with van der Waals surface area (Å²) in [7, 11) is 0. The molecule has 3 nitrogen and oxygen atoms in total. The van der Waals surface area contributed by atoms with Crippen LogP contribution in [0.3, 0.4) is 0 Å². The number of nitrogens with one attached hydrogen (secondary N) is 1. The number of benzene rings is 1. The molecule has 4 heteroatoms. The standard InChI is InChI=1S/C20H24INO2/c1-14-12-17(8-11-19(14)15(2)23)13-22-20(24)5-3-4-16-6-9-18(21)10-7-16/h6-11,14H,3-5,12-13H2,1-2H3,(H,22,24). The molecule has 1 aliphatic carbocycles. The average molecular weight is 437 g/mol. The molecule has 1 unspecified atom stereocenters. The highest BCUT2D eigenvalue weighted by molar-refractivity contribution is 14.1. The lowest BCUT2D eigenvalue weighted by molar-refractivity contribution is -0.121. The van der Waals surface area contributed by atoms with E-state index in [1.165, 1.54) is 14.7 Å². The molecule has 0 heterocycles. The Morgan fingerprint density at radius 1 is 1.21 bits per heavy atom. The van der Waals surface area contributed by atoms with Crippen molar-refractivity contribution in [2.24, 2.45) is 5.92 Å². The lowest BCUT2D eigenvalue weighted by Crippen LogP contribution is -2.27. The number of rotatable bonds is 7. The first-order valence-corrected chi connectivity index (χ1v) is 9.45. The number of carbonyl (C=O) groups is 2. The molecule has 1 atom stereocenters. The molecule has 2 rings (SSSR count).